The Balaban J connectivity index is 1.62. The first-order valence-corrected chi connectivity index (χ1v) is 7.41. The molecule has 0 bridgehead atoms. The van der Waals surface area contributed by atoms with Gasteiger partial charge in [0.15, 0.2) is 0 Å². The molecule has 2 fully saturated rings. The van der Waals surface area contributed by atoms with E-state index in [1.807, 2.05) is 0 Å². The van der Waals surface area contributed by atoms with Crippen LogP contribution < -0.4 is 5.32 Å². The summed E-state index contributed by atoms with van der Waals surface area (Å²) in [5, 5.41) is 13.5. The van der Waals surface area contributed by atoms with Crippen molar-refractivity contribution < 1.29 is 5.11 Å². The lowest BCUT2D eigenvalue weighted by Gasteiger charge is -2.47. The fourth-order valence-electron chi connectivity index (χ4n) is 3.17. The number of likely N-dealkylation sites (tertiary alicyclic amines) is 1. The first-order valence-electron chi connectivity index (χ1n) is 7.41. The Kier molecular flexibility index (Phi) is 5.01. The molecule has 0 aromatic carbocycles. The van der Waals surface area contributed by atoms with E-state index in [2.05, 4.69) is 29.2 Å². The molecule has 18 heavy (non-hydrogen) atoms. The number of nitrogens with zero attached hydrogens (tertiary/aromatic N) is 2. The van der Waals surface area contributed by atoms with Crippen LogP contribution >= 0.6 is 0 Å². The van der Waals surface area contributed by atoms with Gasteiger partial charge in [-0.05, 0) is 59.3 Å². The first kappa shape index (κ1) is 14.3. The Morgan fingerprint density at radius 2 is 1.89 bits per heavy atom. The summed E-state index contributed by atoms with van der Waals surface area (Å²) in [6, 6.07) is 0. The predicted molar refractivity (Wildman–Crippen MR) is 74.8 cm³/mol. The molecular weight excluding hydrogens is 226 g/mol. The second kappa shape index (κ2) is 6.33. The van der Waals surface area contributed by atoms with Crippen molar-refractivity contribution in [2.24, 2.45) is 0 Å². The van der Waals surface area contributed by atoms with Crippen LogP contribution in [0.5, 0.6) is 0 Å². The van der Waals surface area contributed by atoms with Gasteiger partial charge in [-0.1, -0.05) is 0 Å². The third-order valence-corrected chi connectivity index (χ3v) is 4.73. The molecule has 1 atom stereocenters. The normalized spacial score (nSPS) is 25.3. The molecule has 1 saturated heterocycles. The Morgan fingerprint density at radius 3 is 2.39 bits per heavy atom. The predicted octanol–water partition coefficient (Wildman–Crippen LogP) is 0.517. The number of nitrogens with one attached hydrogen (secondary N) is 1. The zero-order valence-corrected chi connectivity index (χ0v) is 12.0. The van der Waals surface area contributed by atoms with Gasteiger partial charge in [-0.25, -0.2) is 0 Å². The molecule has 1 aliphatic heterocycles. The zero-order chi connectivity index (χ0) is 13.0. The van der Waals surface area contributed by atoms with Crippen LogP contribution in [0.4, 0.5) is 0 Å². The fraction of sp³-hybridized carbons (Fsp3) is 1.00. The average Bonchev–Trinajstić information content (AvgIpc) is 2.73. The second-order valence-electron chi connectivity index (χ2n) is 6.26. The largest absolute Gasteiger partial charge is 0.390 e. The molecule has 1 aliphatic carbocycles. The van der Waals surface area contributed by atoms with Gasteiger partial charge in [-0.3, -0.25) is 0 Å². The highest BCUT2D eigenvalue weighted by Crippen LogP contribution is 2.35. The number of β-amino-alcohol motifs (C(OH)–C–C–N with tert-alkyl or cyclic N) is 1. The third-order valence-electron chi connectivity index (χ3n) is 4.73. The summed E-state index contributed by atoms with van der Waals surface area (Å²) in [6.07, 6.45) is 6.29. The first-order chi connectivity index (χ1) is 8.62. The lowest BCUT2D eigenvalue weighted by molar-refractivity contribution is 0.0531. The molecule has 2 aliphatic rings. The number of likely N-dealkylation sites (N-methyl/N-ethyl adjacent to an activating group) is 1. The smallest absolute Gasteiger partial charge is 0.0791 e. The fourth-order valence-corrected chi connectivity index (χ4v) is 3.17. The topological polar surface area (TPSA) is 38.7 Å². The number of hydrogen-bond donors (Lipinski definition) is 2. The highest BCUT2D eigenvalue weighted by Gasteiger charge is 2.38. The number of rotatable bonds is 7. The summed E-state index contributed by atoms with van der Waals surface area (Å²) in [5.41, 5.74) is 0.355. The van der Waals surface area contributed by atoms with Gasteiger partial charge in [0.25, 0.3) is 0 Å². The summed E-state index contributed by atoms with van der Waals surface area (Å²) in [5.74, 6) is 0. The summed E-state index contributed by atoms with van der Waals surface area (Å²) < 4.78 is 0. The summed E-state index contributed by atoms with van der Waals surface area (Å²) in [6.45, 7) is 4.91. The Labute approximate surface area is 111 Å². The van der Waals surface area contributed by atoms with Crippen LogP contribution in [0.1, 0.15) is 32.1 Å². The molecule has 0 aromatic rings. The van der Waals surface area contributed by atoms with Crippen LogP contribution in [0.3, 0.4) is 0 Å². The van der Waals surface area contributed by atoms with Crippen molar-refractivity contribution in [3.05, 3.63) is 0 Å². The van der Waals surface area contributed by atoms with Crippen molar-refractivity contribution in [2.45, 2.75) is 43.7 Å². The molecule has 1 heterocycles. The van der Waals surface area contributed by atoms with E-state index in [0.717, 1.165) is 19.6 Å². The van der Waals surface area contributed by atoms with Crippen LogP contribution in [-0.4, -0.2) is 73.4 Å². The standard InChI is InChI=1S/C14H29N3O/c1-16(2)14(6-5-7-14)12-15-10-13(18)11-17-8-3-4-9-17/h13,15,18H,3-12H2,1-2H3. The number of hydrogen-bond acceptors (Lipinski definition) is 4. The molecule has 1 unspecified atom stereocenters. The molecule has 0 spiro atoms. The molecular formula is C14H29N3O. The molecule has 2 N–H and O–H groups in total. The minimum absolute atomic E-state index is 0.220. The Bertz CT molecular complexity index is 247. The van der Waals surface area contributed by atoms with Crippen molar-refractivity contribution in [1.82, 2.24) is 15.1 Å². The maximum atomic E-state index is 10.0. The minimum Gasteiger partial charge on any atom is -0.390 e. The Morgan fingerprint density at radius 1 is 1.22 bits per heavy atom. The second-order valence-corrected chi connectivity index (χ2v) is 6.26. The molecule has 2 rings (SSSR count). The quantitative estimate of drug-likeness (QED) is 0.695. The summed E-state index contributed by atoms with van der Waals surface area (Å²) >= 11 is 0. The molecule has 0 radical (unpaired) electrons. The van der Waals surface area contributed by atoms with E-state index in [-0.39, 0.29) is 6.10 Å². The molecule has 0 aromatic heterocycles. The van der Waals surface area contributed by atoms with Crippen molar-refractivity contribution in [2.75, 3.05) is 46.8 Å². The summed E-state index contributed by atoms with van der Waals surface area (Å²) in [4.78, 5) is 4.72. The van der Waals surface area contributed by atoms with Crippen molar-refractivity contribution >= 4 is 0 Å². The highest BCUT2D eigenvalue weighted by molar-refractivity contribution is 4.97. The van der Waals surface area contributed by atoms with Crippen LogP contribution in [0, 0.1) is 0 Å². The van der Waals surface area contributed by atoms with E-state index in [1.165, 1.54) is 45.2 Å². The van der Waals surface area contributed by atoms with Crippen LogP contribution in [0.2, 0.25) is 0 Å². The number of aliphatic hydroxyl groups is 1. The molecule has 4 heteroatoms. The zero-order valence-electron chi connectivity index (χ0n) is 12.0. The van der Waals surface area contributed by atoms with Gasteiger partial charge < -0.3 is 20.2 Å². The Hall–Kier alpha value is -0.160. The van der Waals surface area contributed by atoms with Crippen LogP contribution in [0.25, 0.3) is 0 Å². The maximum absolute atomic E-state index is 10.0. The van der Waals surface area contributed by atoms with E-state index in [4.69, 9.17) is 0 Å². The van der Waals surface area contributed by atoms with Crippen molar-refractivity contribution in [3.63, 3.8) is 0 Å². The van der Waals surface area contributed by atoms with Gasteiger partial charge in [0.05, 0.1) is 6.10 Å². The monoisotopic (exact) mass is 255 g/mol. The van der Waals surface area contributed by atoms with Gasteiger partial charge in [-0.15, -0.1) is 0 Å². The maximum Gasteiger partial charge on any atom is 0.0791 e. The van der Waals surface area contributed by atoms with E-state index in [0.29, 0.717) is 5.54 Å². The van der Waals surface area contributed by atoms with Crippen LogP contribution in [0.15, 0.2) is 0 Å². The third kappa shape index (κ3) is 3.44. The minimum atomic E-state index is -0.220. The van der Waals surface area contributed by atoms with Crippen molar-refractivity contribution in [3.8, 4) is 0 Å². The van der Waals surface area contributed by atoms with Gasteiger partial charge in [-0.2, -0.15) is 0 Å². The average molecular weight is 255 g/mol. The van der Waals surface area contributed by atoms with E-state index in [9.17, 15) is 5.11 Å². The molecule has 0 amide bonds. The SMILES string of the molecule is CN(C)C1(CNCC(O)CN2CCCC2)CCC1. The van der Waals surface area contributed by atoms with E-state index >= 15 is 0 Å². The molecule has 4 nitrogen and oxygen atoms in total. The van der Waals surface area contributed by atoms with Gasteiger partial charge in [0.1, 0.15) is 0 Å². The van der Waals surface area contributed by atoms with E-state index in [1.54, 1.807) is 0 Å². The highest BCUT2D eigenvalue weighted by atomic mass is 16.3. The van der Waals surface area contributed by atoms with E-state index < -0.39 is 0 Å². The lowest BCUT2D eigenvalue weighted by Crippen LogP contribution is -2.57. The number of aliphatic hydroxyl groups excluding tert-OH is 1. The lowest BCUT2D eigenvalue weighted by atomic mass is 9.75. The van der Waals surface area contributed by atoms with Gasteiger partial charge in [0.2, 0.25) is 0 Å². The molecule has 106 valence electrons. The van der Waals surface area contributed by atoms with Crippen molar-refractivity contribution in [1.29, 1.82) is 0 Å². The molecule has 1 saturated carbocycles. The van der Waals surface area contributed by atoms with Gasteiger partial charge >= 0.3 is 0 Å². The van der Waals surface area contributed by atoms with Gasteiger partial charge in [0, 0.05) is 25.2 Å². The van der Waals surface area contributed by atoms with Crippen LogP contribution in [-0.2, 0) is 0 Å². The summed E-state index contributed by atoms with van der Waals surface area (Å²) in [7, 11) is 4.34.